The third kappa shape index (κ3) is 7.00. The predicted molar refractivity (Wildman–Crippen MR) is 138 cm³/mol. The van der Waals surface area contributed by atoms with E-state index >= 15 is 0 Å². The summed E-state index contributed by atoms with van der Waals surface area (Å²) < 4.78 is 0. The number of rotatable bonds is 7. The van der Waals surface area contributed by atoms with E-state index in [0.717, 1.165) is 0 Å². The van der Waals surface area contributed by atoms with E-state index < -0.39 is 47.9 Å². The quantitative estimate of drug-likeness (QED) is 0.295. The van der Waals surface area contributed by atoms with Gasteiger partial charge in [-0.15, -0.1) is 0 Å². The number of nitrogens with zero attached hydrogens (tertiary/aromatic N) is 1. The van der Waals surface area contributed by atoms with Crippen molar-refractivity contribution in [1.29, 1.82) is 0 Å². The molecule has 3 heterocycles. The minimum Gasteiger partial charge on any atom is -0.343 e. The molecule has 0 aromatic carbocycles. The molecule has 11 heteroatoms. The fourth-order valence-corrected chi connectivity index (χ4v) is 5.61. The van der Waals surface area contributed by atoms with E-state index in [9.17, 15) is 24.0 Å². The van der Waals surface area contributed by atoms with Gasteiger partial charge in [0.15, 0.2) is 0 Å². The summed E-state index contributed by atoms with van der Waals surface area (Å²) >= 11 is 0. The monoisotopic (exact) mass is 520 g/mol. The molecule has 3 rings (SSSR count). The molecular formula is C26H44N6O5. The first kappa shape index (κ1) is 28.9. The highest BCUT2D eigenvalue weighted by molar-refractivity contribution is 5.98. The van der Waals surface area contributed by atoms with E-state index in [1.807, 2.05) is 27.7 Å². The van der Waals surface area contributed by atoms with Crippen molar-refractivity contribution in [2.45, 2.75) is 115 Å². The van der Waals surface area contributed by atoms with Crippen LogP contribution in [-0.4, -0.2) is 77.2 Å². The highest BCUT2D eigenvalue weighted by atomic mass is 16.2. The van der Waals surface area contributed by atoms with Gasteiger partial charge in [0.05, 0.1) is 0 Å². The highest BCUT2D eigenvalue weighted by Crippen LogP contribution is 2.33. The molecule has 0 radical (unpaired) electrons. The lowest BCUT2D eigenvalue weighted by atomic mass is 9.96. The van der Waals surface area contributed by atoms with E-state index in [0.29, 0.717) is 57.9 Å². The molecule has 0 saturated carbocycles. The Morgan fingerprint density at radius 2 is 1.43 bits per heavy atom. The smallest absolute Gasteiger partial charge is 0.246 e. The second-order valence-corrected chi connectivity index (χ2v) is 11.4. The van der Waals surface area contributed by atoms with Crippen LogP contribution in [0.25, 0.3) is 0 Å². The van der Waals surface area contributed by atoms with E-state index in [-0.39, 0.29) is 29.7 Å². The number of fused-ring (bicyclic) bond motifs is 1. The Bertz CT molecular complexity index is 878. The summed E-state index contributed by atoms with van der Waals surface area (Å²) in [6.45, 7) is 8.00. The molecule has 0 aromatic heterocycles. The summed E-state index contributed by atoms with van der Waals surface area (Å²) in [4.78, 5) is 68.4. The zero-order valence-electron chi connectivity index (χ0n) is 22.5. The lowest BCUT2D eigenvalue weighted by Crippen LogP contribution is -2.61. The number of amides is 5. The summed E-state index contributed by atoms with van der Waals surface area (Å²) in [5.41, 5.74) is 5.63. The number of carbonyl (C=O) groups excluding carboxylic acids is 5. The largest absolute Gasteiger partial charge is 0.343 e. The molecule has 3 aliphatic heterocycles. The molecule has 6 atom stereocenters. The van der Waals surface area contributed by atoms with Gasteiger partial charge in [-0.2, -0.15) is 0 Å². The molecule has 37 heavy (non-hydrogen) atoms. The van der Waals surface area contributed by atoms with Crippen molar-refractivity contribution in [1.82, 2.24) is 26.2 Å². The Hall–Kier alpha value is -2.69. The maximum absolute atomic E-state index is 13.4. The van der Waals surface area contributed by atoms with Gasteiger partial charge in [-0.3, -0.25) is 24.0 Å². The van der Waals surface area contributed by atoms with Crippen molar-refractivity contribution in [3.8, 4) is 0 Å². The average Bonchev–Trinajstić information content (AvgIpc) is 3.27. The molecule has 2 bridgehead atoms. The number of hydrogen-bond donors (Lipinski definition) is 5. The first-order valence-electron chi connectivity index (χ1n) is 13.8. The van der Waals surface area contributed by atoms with Gasteiger partial charge in [0.2, 0.25) is 29.5 Å². The van der Waals surface area contributed by atoms with Crippen molar-refractivity contribution in [3.63, 3.8) is 0 Å². The number of hydrogen-bond acceptors (Lipinski definition) is 6. The van der Waals surface area contributed by atoms with Gasteiger partial charge in [-0.25, -0.2) is 0 Å². The van der Waals surface area contributed by atoms with E-state index in [1.54, 1.807) is 4.90 Å². The Morgan fingerprint density at radius 3 is 2.08 bits per heavy atom. The molecule has 3 fully saturated rings. The van der Waals surface area contributed by atoms with Crippen molar-refractivity contribution >= 4 is 29.5 Å². The predicted octanol–water partition coefficient (Wildman–Crippen LogP) is -0.0763. The zero-order chi connectivity index (χ0) is 27.3. The van der Waals surface area contributed by atoms with Crippen LogP contribution in [0.3, 0.4) is 0 Å². The Labute approximate surface area is 219 Å². The maximum Gasteiger partial charge on any atom is 0.246 e. The molecule has 0 aliphatic carbocycles. The minimum atomic E-state index is -0.884. The van der Waals surface area contributed by atoms with Crippen molar-refractivity contribution in [2.24, 2.45) is 17.6 Å². The average molecular weight is 521 g/mol. The normalized spacial score (nSPS) is 31.4. The van der Waals surface area contributed by atoms with Gasteiger partial charge in [0.1, 0.15) is 30.2 Å². The molecule has 0 unspecified atom stereocenters. The molecule has 3 saturated heterocycles. The van der Waals surface area contributed by atoms with Gasteiger partial charge < -0.3 is 31.9 Å². The van der Waals surface area contributed by atoms with Crippen LogP contribution in [0.2, 0.25) is 0 Å². The van der Waals surface area contributed by atoms with Crippen LogP contribution in [0.5, 0.6) is 0 Å². The summed E-state index contributed by atoms with van der Waals surface area (Å²) in [6, 6.07) is -4.12. The SMILES string of the molecule is CC(C)C[C@@H]1NC(=O)[C@H](CCCCN)NC(=O)[C@H](C(C)C)NC(=O)[C@@H]2CC[C@@H]3CC[C@H](NC1=O)C(=O)N32. The first-order chi connectivity index (χ1) is 17.5. The number of nitrogens with one attached hydrogen (secondary N) is 4. The summed E-state index contributed by atoms with van der Waals surface area (Å²) in [7, 11) is 0. The number of piperidine rings is 1. The molecular weight excluding hydrogens is 476 g/mol. The van der Waals surface area contributed by atoms with Crippen LogP contribution in [-0.2, 0) is 24.0 Å². The summed E-state index contributed by atoms with van der Waals surface area (Å²) in [5.74, 6) is -2.17. The van der Waals surface area contributed by atoms with Crippen molar-refractivity contribution in [2.75, 3.05) is 6.54 Å². The molecule has 11 nitrogen and oxygen atoms in total. The van der Waals surface area contributed by atoms with Crippen molar-refractivity contribution in [3.05, 3.63) is 0 Å². The van der Waals surface area contributed by atoms with Crippen LogP contribution >= 0.6 is 0 Å². The molecule has 6 N–H and O–H groups in total. The topological polar surface area (TPSA) is 163 Å². The van der Waals surface area contributed by atoms with Crippen LogP contribution in [0.4, 0.5) is 0 Å². The second-order valence-electron chi connectivity index (χ2n) is 11.4. The van der Waals surface area contributed by atoms with Crippen LogP contribution < -0.4 is 27.0 Å². The number of carbonyl (C=O) groups is 5. The highest BCUT2D eigenvalue weighted by Gasteiger charge is 2.47. The zero-order valence-corrected chi connectivity index (χ0v) is 22.5. The second kappa shape index (κ2) is 12.7. The third-order valence-electron chi connectivity index (χ3n) is 7.63. The Balaban J connectivity index is 1.96. The molecule has 0 spiro atoms. The molecule has 0 aromatic rings. The van der Waals surface area contributed by atoms with Gasteiger partial charge in [0.25, 0.3) is 0 Å². The maximum atomic E-state index is 13.4. The number of nitrogens with two attached hydrogens (primary N) is 1. The van der Waals surface area contributed by atoms with E-state index in [1.165, 1.54) is 0 Å². The fraction of sp³-hybridized carbons (Fsp3) is 0.808. The standard InChI is InChI=1S/C26H44N6O5/c1-14(2)13-19-23(34)29-18-10-8-16-9-11-20(32(16)26(18)37)24(35)31-21(15(3)4)25(36)28-17(22(33)30-19)7-5-6-12-27/h14-21H,5-13,27H2,1-4H3,(H,28,36)(H,29,34)(H,30,33)(H,31,35)/t16-,17-,18-,19-,20-,21-/m0/s1. The van der Waals surface area contributed by atoms with Crippen LogP contribution in [0.15, 0.2) is 0 Å². The lowest BCUT2D eigenvalue weighted by Gasteiger charge is -2.38. The Morgan fingerprint density at radius 1 is 0.784 bits per heavy atom. The van der Waals surface area contributed by atoms with Crippen LogP contribution in [0, 0.1) is 11.8 Å². The van der Waals surface area contributed by atoms with E-state index in [2.05, 4.69) is 21.3 Å². The lowest BCUT2D eigenvalue weighted by molar-refractivity contribution is -0.147. The summed E-state index contributed by atoms with van der Waals surface area (Å²) in [6.07, 6.45) is 4.41. The van der Waals surface area contributed by atoms with E-state index in [4.69, 9.17) is 5.73 Å². The molecule has 3 aliphatic rings. The van der Waals surface area contributed by atoms with Crippen LogP contribution in [0.1, 0.15) is 79.1 Å². The fourth-order valence-electron chi connectivity index (χ4n) is 5.61. The van der Waals surface area contributed by atoms with Gasteiger partial charge >= 0.3 is 0 Å². The van der Waals surface area contributed by atoms with Gasteiger partial charge in [0, 0.05) is 6.04 Å². The Kier molecular flexibility index (Phi) is 9.92. The first-order valence-corrected chi connectivity index (χ1v) is 13.8. The third-order valence-corrected chi connectivity index (χ3v) is 7.63. The molecule has 5 amide bonds. The van der Waals surface area contributed by atoms with Gasteiger partial charge in [-0.05, 0) is 69.7 Å². The summed E-state index contributed by atoms with van der Waals surface area (Å²) in [5, 5.41) is 11.3. The molecule has 208 valence electrons. The van der Waals surface area contributed by atoms with Crippen molar-refractivity contribution < 1.29 is 24.0 Å². The number of unbranched alkanes of at least 4 members (excludes halogenated alkanes) is 1. The van der Waals surface area contributed by atoms with Gasteiger partial charge in [-0.1, -0.05) is 27.7 Å². The minimum absolute atomic E-state index is 0.0588.